The number of aryl methyl sites for hydroxylation is 1. The van der Waals surface area contributed by atoms with Gasteiger partial charge in [0.2, 0.25) is 0 Å². The normalized spacial score (nSPS) is 10.7. The van der Waals surface area contributed by atoms with Crippen LogP contribution in [0.3, 0.4) is 0 Å². The Labute approximate surface area is 106 Å². The van der Waals surface area contributed by atoms with E-state index in [1.54, 1.807) is 11.8 Å². The second kappa shape index (κ2) is 4.47. The van der Waals surface area contributed by atoms with E-state index in [1.807, 2.05) is 36.7 Å². The molecule has 1 aromatic heterocycles. The summed E-state index contributed by atoms with van der Waals surface area (Å²) in [6.07, 6.45) is 0. The molecule has 0 unspecified atom stereocenters. The lowest BCUT2D eigenvalue weighted by Gasteiger charge is -2.04. The van der Waals surface area contributed by atoms with E-state index in [0.29, 0.717) is 0 Å². The van der Waals surface area contributed by atoms with E-state index in [9.17, 15) is 0 Å². The van der Waals surface area contributed by atoms with Crippen molar-refractivity contribution < 1.29 is 0 Å². The molecule has 4 nitrogen and oxygen atoms in total. The smallest absolute Gasteiger partial charge is 0.195 e. The zero-order valence-electron chi connectivity index (χ0n) is 8.94. The van der Waals surface area contributed by atoms with Gasteiger partial charge in [0.1, 0.15) is 5.82 Å². The Hall–Kier alpha value is -1.01. The minimum absolute atomic E-state index is 0.741. The van der Waals surface area contributed by atoms with Gasteiger partial charge in [0.05, 0.1) is 0 Å². The topological polar surface area (TPSA) is 56.7 Å². The highest BCUT2D eigenvalue weighted by Gasteiger charge is 2.09. The minimum Gasteiger partial charge on any atom is -0.399 e. The predicted molar refractivity (Wildman–Crippen MR) is 68.4 cm³/mol. The summed E-state index contributed by atoms with van der Waals surface area (Å²) in [5, 5.41) is 8.97. The van der Waals surface area contributed by atoms with Gasteiger partial charge in [-0.1, -0.05) is 0 Å². The van der Waals surface area contributed by atoms with Crippen molar-refractivity contribution >= 4 is 33.4 Å². The summed E-state index contributed by atoms with van der Waals surface area (Å²) >= 11 is 5.03. The van der Waals surface area contributed by atoms with E-state index in [4.69, 9.17) is 5.73 Å². The number of benzene rings is 1. The molecule has 0 aliphatic carbocycles. The molecule has 0 bridgehead atoms. The molecule has 0 spiro atoms. The molecule has 0 fully saturated rings. The molecule has 0 aliphatic heterocycles. The first-order valence-electron chi connectivity index (χ1n) is 4.67. The van der Waals surface area contributed by atoms with Crippen LogP contribution in [0.2, 0.25) is 0 Å². The summed E-state index contributed by atoms with van der Waals surface area (Å²) in [5.41, 5.74) is 6.42. The number of nitrogens with zero attached hydrogens (tertiary/aromatic N) is 3. The first-order chi connectivity index (χ1) is 7.58. The van der Waals surface area contributed by atoms with E-state index < -0.39 is 0 Å². The van der Waals surface area contributed by atoms with E-state index in [0.717, 1.165) is 26.0 Å². The summed E-state index contributed by atoms with van der Waals surface area (Å²) in [6.45, 7) is 1.93. The Kier molecular flexibility index (Phi) is 3.20. The number of nitrogen functional groups attached to an aromatic ring is 1. The number of nitrogens with two attached hydrogens (primary N) is 1. The van der Waals surface area contributed by atoms with Crippen molar-refractivity contribution in [1.29, 1.82) is 0 Å². The lowest BCUT2D eigenvalue weighted by Crippen LogP contribution is -1.93. The van der Waals surface area contributed by atoms with Crippen LogP contribution < -0.4 is 5.73 Å². The fraction of sp³-hybridized carbons (Fsp3) is 0.200. The number of anilines is 1. The number of hydrogen-bond donors (Lipinski definition) is 1. The maximum Gasteiger partial charge on any atom is 0.195 e. The van der Waals surface area contributed by atoms with Gasteiger partial charge in [0, 0.05) is 22.1 Å². The Bertz CT molecular complexity index is 524. The largest absolute Gasteiger partial charge is 0.399 e. The fourth-order valence-electron chi connectivity index (χ4n) is 1.17. The molecule has 1 aromatic carbocycles. The standard InChI is InChI=1S/C10H11BrN4S/c1-6-13-14-10(15(6)2)16-9-4-3-7(12)5-8(9)11/h3-5H,12H2,1-2H3. The number of hydrogen-bond acceptors (Lipinski definition) is 4. The fourth-order valence-corrected chi connectivity index (χ4v) is 2.65. The van der Waals surface area contributed by atoms with Crippen molar-refractivity contribution in [1.82, 2.24) is 14.8 Å². The molecule has 0 atom stereocenters. The van der Waals surface area contributed by atoms with Crippen LogP contribution in [0.25, 0.3) is 0 Å². The molecule has 0 amide bonds. The first-order valence-corrected chi connectivity index (χ1v) is 6.28. The molecule has 84 valence electrons. The van der Waals surface area contributed by atoms with Crippen molar-refractivity contribution in [2.45, 2.75) is 17.0 Å². The van der Waals surface area contributed by atoms with Gasteiger partial charge in [-0.15, -0.1) is 10.2 Å². The molecule has 0 radical (unpaired) electrons. The second-order valence-corrected chi connectivity index (χ2v) is 5.24. The highest BCUT2D eigenvalue weighted by Crippen LogP contribution is 2.33. The minimum atomic E-state index is 0.741. The molecule has 6 heteroatoms. The van der Waals surface area contributed by atoms with Crippen LogP contribution in [0.4, 0.5) is 5.69 Å². The summed E-state index contributed by atoms with van der Waals surface area (Å²) in [4.78, 5) is 1.07. The predicted octanol–water partition coefficient (Wildman–Crippen LogP) is 2.62. The van der Waals surface area contributed by atoms with Crippen molar-refractivity contribution in [2.75, 3.05) is 5.73 Å². The highest BCUT2D eigenvalue weighted by atomic mass is 79.9. The van der Waals surface area contributed by atoms with Crippen molar-refractivity contribution in [3.05, 3.63) is 28.5 Å². The Morgan fingerprint density at radius 2 is 2.12 bits per heavy atom. The van der Waals surface area contributed by atoms with Gasteiger partial charge >= 0.3 is 0 Å². The van der Waals surface area contributed by atoms with Gasteiger partial charge in [-0.2, -0.15) is 0 Å². The monoisotopic (exact) mass is 298 g/mol. The second-order valence-electron chi connectivity index (χ2n) is 3.38. The maximum absolute atomic E-state index is 5.68. The van der Waals surface area contributed by atoms with Gasteiger partial charge in [-0.3, -0.25) is 0 Å². The average Bonchev–Trinajstić information content (AvgIpc) is 2.54. The Balaban J connectivity index is 2.30. The number of aromatic nitrogens is 3. The number of rotatable bonds is 2. The van der Waals surface area contributed by atoms with Crippen LogP contribution in [0.1, 0.15) is 5.82 Å². The van der Waals surface area contributed by atoms with Crippen LogP contribution in [0, 0.1) is 6.92 Å². The van der Waals surface area contributed by atoms with Crippen LogP contribution >= 0.6 is 27.7 Å². The van der Waals surface area contributed by atoms with Crippen LogP contribution in [0.5, 0.6) is 0 Å². The molecular formula is C10H11BrN4S. The van der Waals surface area contributed by atoms with Crippen molar-refractivity contribution in [2.24, 2.45) is 7.05 Å². The van der Waals surface area contributed by atoms with Gasteiger partial charge in [-0.25, -0.2) is 0 Å². The lowest BCUT2D eigenvalue weighted by molar-refractivity contribution is 0.765. The van der Waals surface area contributed by atoms with Gasteiger partial charge in [0.25, 0.3) is 0 Å². The van der Waals surface area contributed by atoms with E-state index >= 15 is 0 Å². The van der Waals surface area contributed by atoms with Crippen LogP contribution in [0.15, 0.2) is 32.7 Å². The Morgan fingerprint density at radius 3 is 2.69 bits per heavy atom. The molecule has 0 saturated heterocycles. The molecule has 16 heavy (non-hydrogen) atoms. The maximum atomic E-state index is 5.68. The summed E-state index contributed by atoms with van der Waals surface area (Å²) < 4.78 is 2.92. The molecule has 2 aromatic rings. The van der Waals surface area contributed by atoms with Gasteiger partial charge in [-0.05, 0) is 52.8 Å². The van der Waals surface area contributed by atoms with Crippen LogP contribution in [-0.2, 0) is 7.05 Å². The summed E-state index contributed by atoms with van der Waals surface area (Å²) in [7, 11) is 1.95. The molecule has 2 N–H and O–H groups in total. The van der Waals surface area contributed by atoms with Crippen molar-refractivity contribution in [3.63, 3.8) is 0 Å². The van der Waals surface area contributed by atoms with Crippen molar-refractivity contribution in [3.8, 4) is 0 Å². The molecule has 1 heterocycles. The zero-order chi connectivity index (χ0) is 11.7. The Morgan fingerprint density at radius 1 is 1.38 bits per heavy atom. The highest BCUT2D eigenvalue weighted by molar-refractivity contribution is 9.10. The van der Waals surface area contributed by atoms with E-state index in [-0.39, 0.29) is 0 Å². The molecule has 0 saturated carbocycles. The molecular weight excluding hydrogens is 288 g/mol. The lowest BCUT2D eigenvalue weighted by atomic mass is 10.3. The number of halogens is 1. The van der Waals surface area contributed by atoms with Gasteiger partial charge < -0.3 is 10.3 Å². The van der Waals surface area contributed by atoms with Crippen LogP contribution in [-0.4, -0.2) is 14.8 Å². The van der Waals surface area contributed by atoms with Gasteiger partial charge in [0.15, 0.2) is 5.16 Å². The average molecular weight is 299 g/mol. The molecule has 0 aliphatic rings. The first kappa shape index (κ1) is 11.5. The quantitative estimate of drug-likeness (QED) is 0.866. The zero-order valence-corrected chi connectivity index (χ0v) is 11.3. The SMILES string of the molecule is Cc1nnc(Sc2ccc(N)cc2Br)n1C. The third-order valence-corrected chi connectivity index (χ3v) is 4.24. The van der Waals surface area contributed by atoms with E-state index in [2.05, 4.69) is 26.1 Å². The molecule has 2 rings (SSSR count). The summed E-state index contributed by atoms with van der Waals surface area (Å²) in [6, 6.07) is 5.72. The van der Waals surface area contributed by atoms with E-state index in [1.165, 1.54) is 0 Å². The third-order valence-electron chi connectivity index (χ3n) is 2.21. The third kappa shape index (κ3) is 2.22. The summed E-state index contributed by atoms with van der Waals surface area (Å²) in [5.74, 6) is 0.897.